The molecule has 0 spiro atoms. The number of fused-ring (bicyclic) bond motifs is 1. The third-order valence-electron chi connectivity index (χ3n) is 2.96. The first-order valence-electron chi connectivity index (χ1n) is 5.19. The number of carbonyl (C=O) groups is 1. The van der Waals surface area contributed by atoms with E-state index in [-0.39, 0.29) is 11.8 Å². The highest BCUT2D eigenvalue weighted by Crippen LogP contribution is 2.34. The van der Waals surface area contributed by atoms with Crippen molar-refractivity contribution in [3.8, 4) is 0 Å². The normalized spacial score (nSPS) is 19.9. The molecule has 2 nitrogen and oxygen atoms in total. The molecule has 2 rings (SSSR count). The summed E-state index contributed by atoms with van der Waals surface area (Å²) in [5.41, 5.74) is 2.28. The molecule has 1 aromatic carbocycles. The highest BCUT2D eigenvalue weighted by Gasteiger charge is 2.25. The third-order valence-corrected chi connectivity index (χ3v) is 3.19. The first-order valence-corrected chi connectivity index (χ1v) is 5.72. The van der Waals surface area contributed by atoms with Gasteiger partial charge in [0.1, 0.15) is 5.88 Å². The smallest absolute Gasteiger partial charge is 0.241 e. The van der Waals surface area contributed by atoms with E-state index in [1.54, 1.807) is 4.90 Å². The minimum absolute atomic E-state index is 0.00369. The summed E-state index contributed by atoms with van der Waals surface area (Å²) in [6.45, 7) is 2.98. The van der Waals surface area contributed by atoms with Gasteiger partial charge in [-0.05, 0) is 24.0 Å². The second-order valence-electron chi connectivity index (χ2n) is 3.93. The van der Waals surface area contributed by atoms with E-state index >= 15 is 0 Å². The van der Waals surface area contributed by atoms with Crippen LogP contribution in [0.1, 0.15) is 24.8 Å². The van der Waals surface area contributed by atoms with Crippen molar-refractivity contribution in [2.24, 2.45) is 0 Å². The van der Waals surface area contributed by atoms with Crippen LogP contribution in [0.15, 0.2) is 24.3 Å². The molecule has 1 aliphatic rings. The van der Waals surface area contributed by atoms with E-state index in [1.165, 1.54) is 5.56 Å². The van der Waals surface area contributed by atoms with Gasteiger partial charge in [0.15, 0.2) is 0 Å². The van der Waals surface area contributed by atoms with Crippen LogP contribution in [0, 0.1) is 0 Å². The molecule has 1 atom stereocenters. The van der Waals surface area contributed by atoms with Crippen LogP contribution in [-0.4, -0.2) is 18.3 Å². The molecule has 0 N–H and O–H groups in total. The number of nitrogens with zero attached hydrogens (tertiary/aromatic N) is 1. The molecule has 0 bridgehead atoms. The Balaban J connectivity index is 2.40. The Morgan fingerprint density at radius 3 is 3.00 bits per heavy atom. The fraction of sp³-hybridized carbons (Fsp3) is 0.417. The van der Waals surface area contributed by atoms with Gasteiger partial charge in [-0.1, -0.05) is 25.1 Å². The fourth-order valence-corrected chi connectivity index (χ4v) is 2.22. The molecule has 1 amide bonds. The molecule has 80 valence electrons. The molecule has 1 aliphatic heterocycles. The van der Waals surface area contributed by atoms with Gasteiger partial charge in [0, 0.05) is 12.2 Å². The summed E-state index contributed by atoms with van der Waals surface area (Å²) in [5.74, 6) is 0.583. The Morgan fingerprint density at radius 1 is 1.53 bits per heavy atom. The number of anilines is 1. The lowest BCUT2D eigenvalue weighted by Crippen LogP contribution is -2.37. The number of para-hydroxylation sites is 1. The summed E-state index contributed by atoms with van der Waals surface area (Å²) in [6.07, 6.45) is 1.01. The summed E-state index contributed by atoms with van der Waals surface area (Å²) in [5, 5.41) is 0. The standard InChI is InChI=1S/C12H14ClNO/c1-9-6-7-14(12(15)8-13)11-5-3-2-4-10(9)11/h2-5,9H,6-8H2,1H3. The highest BCUT2D eigenvalue weighted by atomic mass is 35.5. The molecule has 3 heteroatoms. The number of hydrogen-bond donors (Lipinski definition) is 0. The van der Waals surface area contributed by atoms with Crippen molar-refractivity contribution < 1.29 is 4.79 Å². The van der Waals surface area contributed by atoms with Gasteiger partial charge in [-0.2, -0.15) is 0 Å². The molecule has 1 aromatic rings. The molecule has 0 saturated heterocycles. The van der Waals surface area contributed by atoms with Gasteiger partial charge in [0.05, 0.1) is 0 Å². The van der Waals surface area contributed by atoms with Gasteiger partial charge < -0.3 is 4.90 Å². The van der Waals surface area contributed by atoms with Crippen molar-refractivity contribution in [3.63, 3.8) is 0 Å². The van der Waals surface area contributed by atoms with Crippen LogP contribution in [0.25, 0.3) is 0 Å². The van der Waals surface area contributed by atoms with Crippen molar-refractivity contribution in [2.45, 2.75) is 19.3 Å². The van der Waals surface area contributed by atoms with Gasteiger partial charge in [-0.25, -0.2) is 0 Å². The first kappa shape index (κ1) is 10.5. The Morgan fingerprint density at radius 2 is 2.27 bits per heavy atom. The van der Waals surface area contributed by atoms with Crippen LogP contribution in [-0.2, 0) is 4.79 Å². The number of halogens is 1. The zero-order valence-electron chi connectivity index (χ0n) is 8.74. The van der Waals surface area contributed by atoms with E-state index < -0.39 is 0 Å². The average Bonchev–Trinajstić information content (AvgIpc) is 2.29. The van der Waals surface area contributed by atoms with Crippen LogP contribution in [0.5, 0.6) is 0 Å². The predicted molar refractivity (Wildman–Crippen MR) is 62.5 cm³/mol. The average molecular weight is 224 g/mol. The second-order valence-corrected chi connectivity index (χ2v) is 4.19. The van der Waals surface area contributed by atoms with Crippen molar-refractivity contribution in [2.75, 3.05) is 17.3 Å². The van der Waals surface area contributed by atoms with Crippen LogP contribution in [0.3, 0.4) is 0 Å². The summed E-state index contributed by atoms with van der Waals surface area (Å²) in [6, 6.07) is 8.07. The Kier molecular flexibility index (Phi) is 2.96. The lowest BCUT2D eigenvalue weighted by atomic mass is 9.91. The molecular weight excluding hydrogens is 210 g/mol. The summed E-state index contributed by atoms with van der Waals surface area (Å²) >= 11 is 5.60. The predicted octanol–water partition coefficient (Wildman–Crippen LogP) is 2.77. The van der Waals surface area contributed by atoms with Crippen molar-refractivity contribution in [1.29, 1.82) is 0 Å². The van der Waals surface area contributed by atoms with Crippen molar-refractivity contribution in [3.05, 3.63) is 29.8 Å². The monoisotopic (exact) mass is 223 g/mol. The van der Waals surface area contributed by atoms with E-state index in [0.29, 0.717) is 5.92 Å². The minimum atomic E-state index is -0.00369. The quantitative estimate of drug-likeness (QED) is 0.671. The highest BCUT2D eigenvalue weighted by molar-refractivity contribution is 6.29. The lowest BCUT2D eigenvalue weighted by molar-refractivity contribution is -0.116. The number of amides is 1. The minimum Gasteiger partial charge on any atom is -0.311 e. The number of hydrogen-bond acceptors (Lipinski definition) is 1. The summed E-state index contributed by atoms with van der Waals surface area (Å²) < 4.78 is 0. The maximum atomic E-state index is 11.6. The van der Waals surface area contributed by atoms with E-state index in [4.69, 9.17) is 11.6 Å². The largest absolute Gasteiger partial charge is 0.311 e. The Bertz CT molecular complexity index is 378. The van der Waals surface area contributed by atoms with Gasteiger partial charge in [-0.15, -0.1) is 11.6 Å². The van der Waals surface area contributed by atoms with Gasteiger partial charge >= 0.3 is 0 Å². The summed E-state index contributed by atoms with van der Waals surface area (Å²) in [7, 11) is 0. The molecule has 0 saturated carbocycles. The van der Waals surface area contributed by atoms with Crippen molar-refractivity contribution >= 4 is 23.2 Å². The SMILES string of the molecule is CC1CCN(C(=O)CCl)c2ccccc21. The van der Waals surface area contributed by atoms with Gasteiger partial charge in [-0.3, -0.25) is 4.79 Å². The molecule has 0 fully saturated rings. The fourth-order valence-electron chi connectivity index (χ4n) is 2.08. The number of alkyl halides is 1. The molecular formula is C12H14ClNO. The molecule has 0 radical (unpaired) electrons. The second kappa shape index (κ2) is 4.23. The van der Waals surface area contributed by atoms with E-state index in [0.717, 1.165) is 18.7 Å². The molecule has 0 aliphatic carbocycles. The first-order chi connectivity index (χ1) is 7.24. The van der Waals surface area contributed by atoms with E-state index in [9.17, 15) is 4.79 Å². The van der Waals surface area contributed by atoms with Crippen LogP contribution in [0.4, 0.5) is 5.69 Å². The van der Waals surface area contributed by atoms with Gasteiger partial charge in [0.2, 0.25) is 5.91 Å². The molecule has 1 unspecified atom stereocenters. The number of benzene rings is 1. The maximum Gasteiger partial charge on any atom is 0.241 e. The van der Waals surface area contributed by atoms with Gasteiger partial charge in [0.25, 0.3) is 0 Å². The lowest BCUT2D eigenvalue weighted by Gasteiger charge is -2.32. The van der Waals surface area contributed by atoms with Crippen LogP contribution in [0.2, 0.25) is 0 Å². The van der Waals surface area contributed by atoms with Crippen LogP contribution < -0.4 is 4.90 Å². The third kappa shape index (κ3) is 1.86. The number of rotatable bonds is 1. The van der Waals surface area contributed by atoms with E-state index in [2.05, 4.69) is 13.0 Å². The maximum absolute atomic E-state index is 11.6. The zero-order chi connectivity index (χ0) is 10.8. The Labute approximate surface area is 94.8 Å². The Hall–Kier alpha value is -1.02. The van der Waals surface area contributed by atoms with Crippen molar-refractivity contribution in [1.82, 2.24) is 0 Å². The summed E-state index contributed by atoms with van der Waals surface area (Å²) in [4.78, 5) is 13.4. The molecule has 0 aromatic heterocycles. The van der Waals surface area contributed by atoms with E-state index in [1.807, 2.05) is 18.2 Å². The molecule has 15 heavy (non-hydrogen) atoms. The topological polar surface area (TPSA) is 20.3 Å². The van der Waals surface area contributed by atoms with Crippen LogP contribution >= 0.6 is 11.6 Å². The molecule has 1 heterocycles. The number of carbonyl (C=O) groups excluding carboxylic acids is 1. The zero-order valence-corrected chi connectivity index (χ0v) is 9.50.